The van der Waals surface area contributed by atoms with Gasteiger partial charge in [-0.15, -0.1) is 0 Å². The summed E-state index contributed by atoms with van der Waals surface area (Å²) in [4.78, 5) is 13.3. The first-order chi connectivity index (χ1) is 8.24. The van der Waals surface area contributed by atoms with E-state index < -0.39 is 17.3 Å². The number of alkyl halides is 3. The van der Waals surface area contributed by atoms with Crippen LogP contribution in [0.15, 0.2) is 24.3 Å². The smallest absolute Gasteiger partial charge is 0.358 e. The van der Waals surface area contributed by atoms with Crippen molar-refractivity contribution in [3.05, 3.63) is 29.8 Å². The number of halogens is 3. The fraction of sp³-hybridized carbons (Fsp3) is 0.462. The van der Waals surface area contributed by atoms with Gasteiger partial charge in [0.25, 0.3) is 0 Å². The molecule has 1 aliphatic rings. The van der Waals surface area contributed by atoms with Gasteiger partial charge in [0.15, 0.2) is 5.78 Å². The molecule has 0 N–H and O–H groups in total. The lowest BCUT2D eigenvalue weighted by atomic mass is 9.99. The summed E-state index contributed by atoms with van der Waals surface area (Å²) in [5, 5.41) is 0. The topological polar surface area (TPSA) is 20.3 Å². The highest BCUT2D eigenvalue weighted by atomic mass is 19.4. The van der Waals surface area contributed by atoms with Gasteiger partial charge in [0.2, 0.25) is 0 Å². The van der Waals surface area contributed by atoms with Gasteiger partial charge in [0.1, 0.15) is 0 Å². The van der Waals surface area contributed by atoms with Crippen LogP contribution in [0.4, 0.5) is 18.9 Å². The van der Waals surface area contributed by atoms with Gasteiger partial charge in [0.05, 0.1) is 11.1 Å². The van der Waals surface area contributed by atoms with Gasteiger partial charge in [-0.1, -0.05) is 12.1 Å². The maximum atomic E-state index is 12.9. The quantitative estimate of drug-likeness (QED) is 0.769. The predicted octanol–water partition coefficient (Wildman–Crippen LogP) is 3.26. The number of carbonyl (C=O) groups is 1. The molecule has 1 aromatic rings. The summed E-state index contributed by atoms with van der Waals surface area (Å²) in [5.41, 5.74) is -1.48. The number of rotatable bonds is 1. The first-order valence-corrected chi connectivity index (χ1v) is 5.72. The van der Waals surface area contributed by atoms with Crippen LogP contribution in [0.1, 0.15) is 25.8 Å². The van der Waals surface area contributed by atoms with Gasteiger partial charge in [-0.25, -0.2) is 0 Å². The van der Waals surface area contributed by atoms with Gasteiger partial charge in [0, 0.05) is 18.7 Å². The lowest BCUT2D eigenvalue weighted by Gasteiger charge is -2.33. The minimum Gasteiger partial charge on any atom is -0.358 e. The summed E-state index contributed by atoms with van der Waals surface area (Å²) in [7, 11) is 0. The van der Waals surface area contributed by atoms with Gasteiger partial charge in [-0.05, 0) is 26.0 Å². The Morgan fingerprint density at radius 2 is 1.83 bits per heavy atom. The summed E-state index contributed by atoms with van der Waals surface area (Å²) in [5.74, 6) is -0.0283. The van der Waals surface area contributed by atoms with Crippen molar-refractivity contribution in [3.63, 3.8) is 0 Å². The normalized spacial score (nSPS) is 19.4. The van der Waals surface area contributed by atoms with Crippen LogP contribution in [-0.2, 0) is 11.0 Å². The standard InChI is InChI=1S/C13H14F3NO/c1-12(2)11(18)7-8-17(12)10-6-4-3-5-9(10)13(14,15)16/h3-6H,7-8H2,1-2H3. The maximum Gasteiger partial charge on any atom is 0.418 e. The third kappa shape index (κ3) is 1.98. The van der Waals surface area contributed by atoms with E-state index in [2.05, 4.69) is 0 Å². The minimum atomic E-state index is -4.40. The van der Waals surface area contributed by atoms with E-state index in [1.807, 2.05) is 0 Å². The largest absolute Gasteiger partial charge is 0.418 e. The molecule has 0 aromatic heterocycles. The van der Waals surface area contributed by atoms with Crippen molar-refractivity contribution in [1.29, 1.82) is 0 Å². The number of anilines is 1. The Morgan fingerprint density at radius 1 is 1.22 bits per heavy atom. The molecule has 0 unspecified atom stereocenters. The fourth-order valence-electron chi connectivity index (χ4n) is 2.32. The molecule has 1 heterocycles. The second kappa shape index (κ2) is 4.00. The Balaban J connectivity index is 2.50. The van der Waals surface area contributed by atoms with Crippen molar-refractivity contribution < 1.29 is 18.0 Å². The van der Waals surface area contributed by atoms with Crippen LogP contribution >= 0.6 is 0 Å². The van der Waals surface area contributed by atoms with Crippen molar-refractivity contribution in [1.82, 2.24) is 0 Å². The molecule has 0 saturated carbocycles. The van der Waals surface area contributed by atoms with Gasteiger partial charge in [-0.2, -0.15) is 13.2 Å². The third-order valence-electron chi connectivity index (χ3n) is 3.42. The average Bonchev–Trinajstić information content (AvgIpc) is 2.53. The van der Waals surface area contributed by atoms with Crippen LogP contribution in [0.3, 0.4) is 0 Å². The summed E-state index contributed by atoms with van der Waals surface area (Å²) in [6.07, 6.45) is -4.11. The molecule has 98 valence electrons. The molecular weight excluding hydrogens is 243 g/mol. The molecule has 0 amide bonds. The number of hydrogen-bond donors (Lipinski definition) is 0. The van der Waals surface area contributed by atoms with E-state index in [4.69, 9.17) is 0 Å². The van der Waals surface area contributed by atoms with E-state index in [0.29, 0.717) is 13.0 Å². The van der Waals surface area contributed by atoms with E-state index in [1.165, 1.54) is 17.0 Å². The predicted molar refractivity (Wildman–Crippen MR) is 62.5 cm³/mol. The Bertz CT molecular complexity index is 479. The Kier molecular flexibility index (Phi) is 2.87. The van der Waals surface area contributed by atoms with E-state index in [-0.39, 0.29) is 11.5 Å². The number of Topliss-reactive ketones (excluding diaryl/α,β-unsaturated/α-hetero) is 1. The molecule has 1 fully saturated rings. The molecule has 0 aliphatic carbocycles. The van der Waals surface area contributed by atoms with E-state index in [9.17, 15) is 18.0 Å². The molecule has 1 aliphatic heterocycles. The minimum absolute atomic E-state index is 0.0283. The number of para-hydroxylation sites is 1. The lowest BCUT2D eigenvalue weighted by molar-refractivity contribution is -0.137. The highest BCUT2D eigenvalue weighted by Gasteiger charge is 2.43. The van der Waals surface area contributed by atoms with E-state index >= 15 is 0 Å². The molecule has 2 nitrogen and oxygen atoms in total. The monoisotopic (exact) mass is 257 g/mol. The van der Waals surface area contributed by atoms with Crippen LogP contribution in [0.5, 0.6) is 0 Å². The zero-order valence-corrected chi connectivity index (χ0v) is 10.2. The fourth-order valence-corrected chi connectivity index (χ4v) is 2.32. The van der Waals surface area contributed by atoms with Gasteiger partial charge in [-0.3, -0.25) is 4.79 Å². The van der Waals surface area contributed by atoms with Crippen molar-refractivity contribution in [2.24, 2.45) is 0 Å². The van der Waals surface area contributed by atoms with Gasteiger partial charge >= 0.3 is 6.18 Å². The Morgan fingerprint density at radius 3 is 2.33 bits per heavy atom. The van der Waals surface area contributed by atoms with Crippen LogP contribution in [-0.4, -0.2) is 17.9 Å². The second-order valence-corrected chi connectivity index (χ2v) is 4.90. The highest BCUT2D eigenvalue weighted by molar-refractivity contribution is 5.94. The molecule has 0 atom stereocenters. The SMILES string of the molecule is CC1(C)C(=O)CCN1c1ccccc1C(F)(F)F. The van der Waals surface area contributed by atoms with Crippen molar-refractivity contribution in [3.8, 4) is 0 Å². The summed E-state index contributed by atoms with van der Waals surface area (Å²) in [6, 6.07) is 5.39. The molecule has 18 heavy (non-hydrogen) atoms. The number of ketones is 1. The van der Waals surface area contributed by atoms with Crippen molar-refractivity contribution in [2.45, 2.75) is 32.0 Å². The zero-order chi connectivity index (χ0) is 13.6. The first kappa shape index (κ1) is 12.9. The summed E-state index contributed by atoms with van der Waals surface area (Å²) >= 11 is 0. The van der Waals surface area contributed by atoms with Crippen molar-refractivity contribution >= 4 is 11.5 Å². The zero-order valence-electron chi connectivity index (χ0n) is 10.2. The Labute approximate surface area is 103 Å². The number of carbonyl (C=O) groups excluding carboxylic acids is 1. The van der Waals surface area contributed by atoms with Crippen molar-refractivity contribution in [2.75, 3.05) is 11.4 Å². The maximum absolute atomic E-state index is 12.9. The molecule has 2 rings (SSSR count). The molecule has 1 saturated heterocycles. The van der Waals surface area contributed by atoms with Crippen LogP contribution in [0.2, 0.25) is 0 Å². The van der Waals surface area contributed by atoms with Crippen LogP contribution < -0.4 is 4.90 Å². The van der Waals surface area contributed by atoms with E-state index in [1.54, 1.807) is 19.9 Å². The number of nitrogens with zero attached hydrogens (tertiary/aromatic N) is 1. The van der Waals surface area contributed by atoms with Crippen LogP contribution in [0, 0.1) is 0 Å². The summed E-state index contributed by atoms with van der Waals surface area (Å²) in [6.45, 7) is 3.66. The highest BCUT2D eigenvalue weighted by Crippen LogP contribution is 2.40. The molecular formula is C13H14F3NO. The average molecular weight is 257 g/mol. The second-order valence-electron chi connectivity index (χ2n) is 4.90. The van der Waals surface area contributed by atoms with Crippen LogP contribution in [0.25, 0.3) is 0 Å². The third-order valence-corrected chi connectivity index (χ3v) is 3.42. The molecule has 1 aromatic carbocycles. The van der Waals surface area contributed by atoms with Gasteiger partial charge < -0.3 is 4.90 Å². The number of hydrogen-bond acceptors (Lipinski definition) is 2. The molecule has 5 heteroatoms. The summed E-state index contributed by atoms with van der Waals surface area (Å²) < 4.78 is 38.8. The first-order valence-electron chi connectivity index (χ1n) is 5.72. The molecule has 0 spiro atoms. The number of benzene rings is 1. The van der Waals surface area contributed by atoms with E-state index in [0.717, 1.165) is 6.07 Å². The molecule has 0 radical (unpaired) electrons. The Hall–Kier alpha value is -1.52. The molecule has 0 bridgehead atoms. The lowest BCUT2D eigenvalue weighted by Crippen LogP contribution is -2.43.